The van der Waals surface area contributed by atoms with Crippen LogP contribution in [0.3, 0.4) is 0 Å². The maximum absolute atomic E-state index is 3.67. The van der Waals surface area contributed by atoms with Crippen molar-refractivity contribution >= 4 is 27.3 Å². The Morgan fingerprint density at radius 1 is 1.44 bits per heavy atom. The van der Waals surface area contributed by atoms with Gasteiger partial charge < -0.3 is 10.2 Å². The third-order valence-electron chi connectivity index (χ3n) is 3.58. The van der Waals surface area contributed by atoms with Gasteiger partial charge in [0.1, 0.15) is 0 Å². The van der Waals surface area contributed by atoms with Crippen LogP contribution in [0.1, 0.15) is 37.7 Å². The second kappa shape index (κ2) is 7.63. The van der Waals surface area contributed by atoms with Gasteiger partial charge in [0.05, 0.1) is 3.79 Å². The van der Waals surface area contributed by atoms with E-state index < -0.39 is 0 Å². The van der Waals surface area contributed by atoms with E-state index >= 15 is 0 Å². The smallest absolute Gasteiger partial charge is 0.0701 e. The van der Waals surface area contributed by atoms with E-state index in [1.54, 1.807) is 11.3 Å². The molecule has 0 saturated heterocycles. The maximum Gasteiger partial charge on any atom is 0.0701 e. The van der Waals surface area contributed by atoms with E-state index in [0.29, 0.717) is 0 Å². The van der Waals surface area contributed by atoms with Gasteiger partial charge in [-0.2, -0.15) is 0 Å². The Bertz CT molecular complexity index is 347. The predicted molar refractivity (Wildman–Crippen MR) is 83.2 cm³/mol. The SMILES string of the molecule is CN(CCCNC1CCCC1)Cc1csc(Br)c1. The van der Waals surface area contributed by atoms with Crippen LogP contribution in [0.4, 0.5) is 0 Å². The maximum atomic E-state index is 3.67. The average Bonchev–Trinajstić information content (AvgIpc) is 2.96. The summed E-state index contributed by atoms with van der Waals surface area (Å²) >= 11 is 5.28. The topological polar surface area (TPSA) is 15.3 Å². The highest BCUT2D eigenvalue weighted by Crippen LogP contribution is 2.21. The molecule has 0 aliphatic heterocycles. The van der Waals surface area contributed by atoms with Crippen molar-refractivity contribution in [2.75, 3.05) is 20.1 Å². The normalized spacial score (nSPS) is 16.8. The fraction of sp³-hybridized carbons (Fsp3) is 0.714. The Morgan fingerprint density at radius 3 is 2.89 bits per heavy atom. The molecule has 1 aromatic heterocycles. The summed E-state index contributed by atoms with van der Waals surface area (Å²) in [7, 11) is 2.21. The first kappa shape index (κ1) is 14.5. The van der Waals surface area contributed by atoms with Gasteiger partial charge in [-0.3, -0.25) is 0 Å². The van der Waals surface area contributed by atoms with Crippen molar-refractivity contribution in [2.45, 2.75) is 44.7 Å². The summed E-state index contributed by atoms with van der Waals surface area (Å²) in [6, 6.07) is 3.03. The molecular formula is C14H23BrN2S. The van der Waals surface area contributed by atoms with Gasteiger partial charge in [-0.15, -0.1) is 11.3 Å². The molecule has 0 aromatic carbocycles. The van der Waals surface area contributed by atoms with Crippen molar-refractivity contribution in [2.24, 2.45) is 0 Å². The van der Waals surface area contributed by atoms with Crippen LogP contribution in [0.25, 0.3) is 0 Å². The highest BCUT2D eigenvalue weighted by Gasteiger charge is 2.13. The standard InChI is InChI=1S/C14H23BrN2S/c1-17(10-12-9-14(15)18-11-12)8-4-7-16-13-5-2-3-6-13/h9,11,13,16H,2-8,10H2,1H3. The minimum Gasteiger partial charge on any atom is -0.314 e. The van der Waals surface area contributed by atoms with Crippen LogP contribution < -0.4 is 5.32 Å². The number of rotatable bonds is 7. The van der Waals surface area contributed by atoms with Crippen molar-refractivity contribution in [1.82, 2.24) is 10.2 Å². The van der Waals surface area contributed by atoms with Crippen molar-refractivity contribution in [1.29, 1.82) is 0 Å². The van der Waals surface area contributed by atoms with Crippen molar-refractivity contribution in [3.05, 3.63) is 20.8 Å². The first-order valence-corrected chi connectivity index (χ1v) is 8.56. The molecule has 1 N–H and O–H groups in total. The molecule has 1 fully saturated rings. The minimum absolute atomic E-state index is 0.808. The molecule has 1 aliphatic rings. The molecule has 18 heavy (non-hydrogen) atoms. The zero-order valence-corrected chi connectivity index (χ0v) is 13.5. The summed E-state index contributed by atoms with van der Waals surface area (Å²) in [6.45, 7) is 3.40. The van der Waals surface area contributed by atoms with Crippen LogP contribution in [0.5, 0.6) is 0 Å². The van der Waals surface area contributed by atoms with Crippen molar-refractivity contribution in [3.8, 4) is 0 Å². The number of thiophene rings is 1. The van der Waals surface area contributed by atoms with Gasteiger partial charge >= 0.3 is 0 Å². The molecule has 1 aliphatic carbocycles. The predicted octanol–water partition coefficient (Wildman–Crippen LogP) is 3.86. The Balaban J connectivity index is 1.55. The summed E-state index contributed by atoms with van der Waals surface area (Å²) < 4.78 is 1.23. The van der Waals surface area contributed by atoms with Gasteiger partial charge in [0, 0.05) is 12.6 Å². The molecule has 1 heterocycles. The Hall–Kier alpha value is 0.100. The third kappa shape index (κ3) is 5.00. The second-order valence-electron chi connectivity index (χ2n) is 5.29. The lowest BCUT2D eigenvalue weighted by Crippen LogP contribution is -2.29. The van der Waals surface area contributed by atoms with Gasteiger partial charge in [-0.1, -0.05) is 12.8 Å². The number of nitrogens with one attached hydrogen (secondary N) is 1. The largest absolute Gasteiger partial charge is 0.314 e. The third-order valence-corrected chi connectivity index (χ3v) is 5.13. The van der Waals surface area contributed by atoms with E-state index in [0.717, 1.165) is 12.6 Å². The summed E-state index contributed by atoms with van der Waals surface area (Å²) in [5.41, 5.74) is 1.41. The van der Waals surface area contributed by atoms with Crippen molar-refractivity contribution in [3.63, 3.8) is 0 Å². The molecule has 102 valence electrons. The van der Waals surface area contributed by atoms with Crippen LogP contribution in [0, 0.1) is 0 Å². The number of hydrogen-bond donors (Lipinski definition) is 1. The first-order valence-electron chi connectivity index (χ1n) is 6.89. The fourth-order valence-corrected chi connectivity index (χ4v) is 3.80. The summed E-state index contributed by atoms with van der Waals surface area (Å²) in [6.07, 6.45) is 6.87. The van der Waals surface area contributed by atoms with Crippen LogP contribution >= 0.6 is 27.3 Å². The monoisotopic (exact) mass is 330 g/mol. The molecule has 0 amide bonds. The van der Waals surface area contributed by atoms with E-state index in [1.165, 1.54) is 54.5 Å². The van der Waals surface area contributed by atoms with Gasteiger partial charge in [0.2, 0.25) is 0 Å². The molecular weight excluding hydrogens is 308 g/mol. The fourth-order valence-electron chi connectivity index (χ4n) is 2.60. The van der Waals surface area contributed by atoms with E-state index in [1.807, 2.05) is 0 Å². The zero-order valence-electron chi connectivity index (χ0n) is 11.1. The Labute approximate surface area is 123 Å². The van der Waals surface area contributed by atoms with Crippen LogP contribution in [0.2, 0.25) is 0 Å². The lowest BCUT2D eigenvalue weighted by atomic mass is 10.2. The van der Waals surface area contributed by atoms with E-state index in [9.17, 15) is 0 Å². The summed E-state index contributed by atoms with van der Waals surface area (Å²) in [5, 5.41) is 5.91. The van der Waals surface area contributed by atoms with E-state index in [4.69, 9.17) is 0 Å². The lowest BCUT2D eigenvalue weighted by Gasteiger charge is -2.17. The molecule has 0 unspecified atom stereocenters. The molecule has 1 aromatic rings. The van der Waals surface area contributed by atoms with Crippen molar-refractivity contribution < 1.29 is 0 Å². The molecule has 2 nitrogen and oxygen atoms in total. The van der Waals surface area contributed by atoms with Gasteiger partial charge in [0.25, 0.3) is 0 Å². The first-order chi connectivity index (χ1) is 8.74. The number of halogens is 1. The summed E-state index contributed by atoms with van der Waals surface area (Å²) in [4.78, 5) is 2.41. The van der Waals surface area contributed by atoms with E-state index in [2.05, 4.69) is 44.6 Å². The number of nitrogens with zero attached hydrogens (tertiary/aromatic N) is 1. The molecule has 0 radical (unpaired) electrons. The minimum atomic E-state index is 0.808. The molecule has 4 heteroatoms. The molecule has 0 spiro atoms. The van der Waals surface area contributed by atoms with Gasteiger partial charge in [0.15, 0.2) is 0 Å². The van der Waals surface area contributed by atoms with Gasteiger partial charge in [-0.25, -0.2) is 0 Å². The Morgan fingerprint density at radius 2 is 2.22 bits per heavy atom. The molecule has 0 atom stereocenters. The Kier molecular flexibility index (Phi) is 6.15. The highest BCUT2D eigenvalue weighted by molar-refractivity contribution is 9.11. The molecule has 2 rings (SSSR count). The highest BCUT2D eigenvalue weighted by atomic mass is 79.9. The van der Waals surface area contributed by atoms with E-state index in [-0.39, 0.29) is 0 Å². The van der Waals surface area contributed by atoms with Crippen LogP contribution in [-0.4, -0.2) is 31.1 Å². The molecule has 1 saturated carbocycles. The zero-order chi connectivity index (χ0) is 12.8. The average molecular weight is 331 g/mol. The number of hydrogen-bond acceptors (Lipinski definition) is 3. The van der Waals surface area contributed by atoms with Gasteiger partial charge in [-0.05, 0) is 72.3 Å². The lowest BCUT2D eigenvalue weighted by molar-refractivity contribution is 0.317. The van der Waals surface area contributed by atoms with Crippen LogP contribution in [0.15, 0.2) is 15.2 Å². The van der Waals surface area contributed by atoms with Crippen LogP contribution in [-0.2, 0) is 6.54 Å². The quantitative estimate of drug-likeness (QED) is 0.763. The molecule has 0 bridgehead atoms. The summed E-state index contributed by atoms with van der Waals surface area (Å²) in [5.74, 6) is 0. The second-order valence-corrected chi connectivity index (χ2v) is 7.58.